The van der Waals surface area contributed by atoms with Gasteiger partial charge in [-0.1, -0.05) is 0 Å². The van der Waals surface area contributed by atoms with Crippen LogP contribution in [0.2, 0.25) is 0 Å². The first-order valence-corrected chi connectivity index (χ1v) is 10.2. The Morgan fingerprint density at radius 2 is 1.85 bits per heavy atom. The zero-order valence-corrected chi connectivity index (χ0v) is 19.3. The van der Waals surface area contributed by atoms with Crippen molar-refractivity contribution in [3.63, 3.8) is 0 Å². The Labute approximate surface area is 181 Å². The molecule has 0 aromatic carbocycles. The minimum absolute atomic E-state index is 0. The number of hydrogen-bond acceptors (Lipinski definition) is 5. The largest absolute Gasteiger partial charge is 0.466 e. The highest BCUT2D eigenvalue weighted by atomic mass is 127. The number of carbonyl (C=O) groups is 1. The van der Waals surface area contributed by atoms with Gasteiger partial charge < -0.3 is 19.7 Å². The number of piperidine rings is 1. The number of nitrogens with one attached hydrogen (secondary N) is 1. The SMILES string of the molecule is CCNC(=NCCCCN1CCOCC1)N1CCC(C(=O)OCC)CC1.I. The summed E-state index contributed by atoms with van der Waals surface area (Å²) in [4.78, 5) is 21.4. The van der Waals surface area contributed by atoms with E-state index in [0.29, 0.717) is 6.61 Å². The van der Waals surface area contributed by atoms with Gasteiger partial charge in [-0.15, -0.1) is 24.0 Å². The second-order valence-corrected chi connectivity index (χ2v) is 6.91. The van der Waals surface area contributed by atoms with Gasteiger partial charge in [0, 0.05) is 39.3 Å². The number of morpholine rings is 1. The summed E-state index contributed by atoms with van der Waals surface area (Å²) in [6.45, 7) is 12.9. The molecule has 1 N–H and O–H groups in total. The van der Waals surface area contributed by atoms with E-state index in [2.05, 4.69) is 22.0 Å². The second kappa shape index (κ2) is 14.4. The van der Waals surface area contributed by atoms with Crippen molar-refractivity contribution >= 4 is 35.9 Å². The fourth-order valence-corrected chi connectivity index (χ4v) is 3.47. The van der Waals surface area contributed by atoms with Crippen LogP contribution in [0.3, 0.4) is 0 Å². The Balaban J connectivity index is 0.00000364. The summed E-state index contributed by atoms with van der Waals surface area (Å²) in [7, 11) is 0. The van der Waals surface area contributed by atoms with Gasteiger partial charge in [-0.25, -0.2) is 0 Å². The van der Waals surface area contributed by atoms with E-state index in [1.807, 2.05) is 6.92 Å². The molecule has 0 bridgehead atoms. The normalized spacial score (nSPS) is 19.5. The van der Waals surface area contributed by atoms with E-state index in [-0.39, 0.29) is 35.9 Å². The highest BCUT2D eigenvalue weighted by molar-refractivity contribution is 14.0. The van der Waals surface area contributed by atoms with Crippen LogP contribution in [0.25, 0.3) is 0 Å². The second-order valence-electron chi connectivity index (χ2n) is 6.91. The predicted molar refractivity (Wildman–Crippen MR) is 119 cm³/mol. The van der Waals surface area contributed by atoms with E-state index in [1.54, 1.807) is 0 Å². The molecule has 2 fully saturated rings. The topological polar surface area (TPSA) is 66.4 Å². The lowest BCUT2D eigenvalue weighted by Gasteiger charge is -2.33. The molecule has 27 heavy (non-hydrogen) atoms. The van der Waals surface area contributed by atoms with Crippen molar-refractivity contribution in [2.75, 3.05) is 65.6 Å². The number of rotatable bonds is 8. The number of ether oxygens (including phenoxy) is 2. The van der Waals surface area contributed by atoms with Gasteiger partial charge >= 0.3 is 5.97 Å². The molecule has 2 aliphatic rings. The summed E-state index contributed by atoms with van der Waals surface area (Å²) in [5.74, 6) is 0.987. The molecular formula is C19H37IN4O3. The van der Waals surface area contributed by atoms with E-state index in [0.717, 1.165) is 84.2 Å². The Hall–Kier alpha value is -0.610. The van der Waals surface area contributed by atoms with E-state index in [4.69, 9.17) is 14.5 Å². The lowest BCUT2D eigenvalue weighted by molar-refractivity contribution is -0.149. The smallest absolute Gasteiger partial charge is 0.309 e. The molecular weight excluding hydrogens is 459 g/mol. The summed E-state index contributed by atoms with van der Waals surface area (Å²) in [5, 5.41) is 3.39. The van der Waals surface area contributed by atoms with Gasteiger partial charge in [-0.2, -0.15) is 0 Å². The summed E-state index contributed by atoms with van der Waals surface area (Å²) >= 11 is 0. The lowest BCUT2D eigenvalue weighted by atomic mass is 9.97. The first-order chi connectivity index (χ1) is 12.7. The van der Waals surface area contributed by atoms with Crippen molar-refractivity contribution in [1.82, 2.24) is 15.1 Å². The maximum atomic E-state index is 11.9. The zero-order chi connectivity index (χ0) is 18.6. The number of aliphatic imine (C=N–C) groups is 1. The summed E-state index contributed by atoms with van der Waals surface area (Å²) < 4.78 is 10.5. The summed E-state index contributed by atoms with van der Waals surface area (Å²) in [6, 6.07) is 0. The predicted octanol–water partition coefficient (Wildman–Crippen LogP) is 1.96. The number of likely N-dealkylation sites (tertiary alicyclic amines) is 1. The minimum atomic E-state index is -0.0443. The fraction of sp³-hybridized carbons (Fsp3) is 0.895. The van der Waals surface area contributed by atoms with Crippen LogP contribution in [0, 0.1) is 5.92 Å². The quantitative estimate of drug-likeness (QED) is 0.182. The van der Waals surface area contributed by atoms with E-state index in [1.165, 1.54) is 6.42 Å². The summed E-state index contributed by atoms with van der Waals surface area (Å²) in [5.41, 5.74) is 0. The van der Waals surface area contributed by atoms with Crippen LogP contribution in [0.4, 0.5) is 0 Å². The molecule has 0 radical (unpaired) electrons. The molecule has 2 heterocycles. The van der Waals surface area contributed by atoms with Gasteiger partial charge in [-0.05, 0) is 46.1 Å². The van der Waals surface area contributed by atoms with Crippen LogP contribution < -0.4 is 5.32 Å². The van der Waals surface area contributed by atoms with Gasteiger partial charge in [0.05, 0.1) is 25.7 Å². The molecule has 2 saturated heterocycles. The van der Waals surface area contributed by atoms with Crippen LogP contribution in [0.1, 0.15) is 39.5 Å². The Morgan fingerprint density at radius 3 is 2.48 bits per heavy atom. The first-order valence-electron chi connectivity index (χ1n) is 10.2. The van der Waals surface area contributed by atoms with Gasteiger partial charge in [0.15, 0.2) is 5.96 Å². The standard InChI is InChI=1S/C19H36N4O3.HI/c1-3-20-19(21-9-5-6-10-22-13-15-25-16-14-22)23-11-7-17(8-12-23)18(24)26-4-2;/h17H,3-16H2,1-2H3,(H,20,21);1H. The monoisotopic (exact) mass is 496 g/mol. The number of unbranched alkanes of at least 4 members (excludes halogenated alkanes) is 1. The Morgan fingerprint density at radius 1 is 1.15 bits per heavy atom. The average Bonchev–Trinajstić information content (AvgIpc) is 2.68. The van der Waals surface area contributed by atoms with Gasteiger partial charge in [0.25, 0.3) is 0 Å². The molecule has 0 atom stereocenters. The molecule has 8 heteroatoms. The lowest BCUT2D eigenvalue weighted by Crippen LogP contribution is -2.46. The molecule has 0 aliphatic carbocycles. The van der Waals surface area contributed by atoms with Crippen molar-refractivity contribution in [3.05, 3.63) is 0 Å². The number of hydrogen-bond donors (Lipinski definition) is 1. The number of esters is 1. The average molecular weight is 496 g/mol. The van der Waals surface area contributed by atoms with Crippen LogP contribution in [0.5, 0.6) is 0 Å². The van der Waals surface area contributed by atoms with Crippen molar-refractivity contribution in [1.29, 1.82) is 0 Å². The summed E-state index contributed by atoms with van der Waals surface area (Å²) in [6.07, 6.45) is 3.97. The number of carbonyl (C=O) groups excluding carboxylic acids is 1. The maximum Gasteiger partial charge on any atom is 0.309 e. The molecule has 2 rings (SSSR count). The molecule has 7 nitrogen and oxygen atoms in total. The van der Waals surface area contributed by atoms with Crippen molar-refractivity contribution in [2.24, 2.45) is 10.9 Å². The Kier molecular flexibility index (Phi) is 13.0. The minimum Gasteiger partial charge on any atom is -0.466 e. The Bertz CT molecular complexity index is 437. The molecule has 0 amide bonds. The highest BCUT2D eigenvalue weighted by Crippen LogP contribution is 2.18. The van der Waals surface area contributed by atoms with Gasteiger partial charge in [0.2, 0.25) is 0 Å². The third-order valence-corrected chi connectivity index (χ3v) is 5.00. The fourth-order valence-electron chi connectivity index (χ4n) is 3.47. The zero-order valence-electron chi connectivity index (χ0n) is 17.0. The van der Waals surface area contributed by atoms with Crippen molar-refractivity contribution in [3.8, 4) is 0 Å². The number of guanidine groups is 1. The third-order valence-electron chi connectivity index (χ3n) is 5.00. The van der Waals surface area contributed by atoms with Crippen LogP contribution in [-0.4, -0.2) is 87.4 Å². The van der Waals surface area contributed by atoms with E-state index < -0.39 is 0 Å². The molecule has 0 unspecified atom stereocenters. The molecule has 2 aliphatic heterocycles. The molecule has 0 saturated carbocycles. The third kappa shape index (κ3) is 8.95. The number of halogens is 1. The van der Waals surface area contributed by atoms with E-state index in [9.17, 15) is 4.79 Å². The van der Waals surface area contributed by atoms with Crippen LogP contribution in [-0.2, 0) is 14.3 Å². The maximum absolute atomic E-state index is 11.9. The van der Waals surface area contributed by atoms with E-state index >= 15 is 0 Å². The highest BCUT2D eigenvalue weighted by Gasteiger charge is 2.27. The molecule has 0 aromatic rings. The van der Waals surface area contributed by atoms with Crippen LogP contribution >= 0.6 is 24.0 Å². The first kappa shape index (κ1) is 24.4. The van der Waals surface area contributed by atoms with Crippen molar-refractivity contribution in [2.45, 2.75) is 39.5 Å². The number of nitrogens with zero attached hydrogens (tertiary/aromatic N) is 3. The molecule has 158 valence electrons. The van der Waals surface area contributed by atoms with Crippen LogP contribution in [0.15, 0.2) is 4.99 Å². The molecule has 0 spiro atoms. The van der Waals surface area contributed by atoms with Gasteiger partial charge in [0.1, 0.15) is 0 Å². The van der Waals surface area contributed by atoms with Crippen molar-refractivity contribution < 1.29 is 14.3 Å². The molecule has 0 aromatic heterocycles. The van der Waals surface area contributed by atoms with Gasteiger partial charge in [-0.3, -0.25) is 14.7 Å².